The molecule has 0 saturated carbocycles. The van der Waals surface area contributed by atoms with Crippen LogP contribution in [-0.2, 0) is 11.3 Å². The average molecular weight is 435 g/mol. The molecule has 148 valence electrons. The van der Waals surface area contributed by atoms with E-state index in [9.17, 15) is 9.59 Å². The molecule has 0 saturated heterocycles. The number of nitrogens with zero attached hydrogens (tertiary/aromatic N) is 6. The zero-order valence-electron chi connectivity index (χ0n) is 15.3. The lowest BCUT2D eigenvalue weighted by Crippen LogP contribution is -2.27. The van der Waals surface area contributed by atoms with E-state index in [1.54, 1.807) is 29.5 Å². The van der Waals surface area contributed by atoms with E-state index in [4.69, 9.17) is 0 Å². The second-order valence-corrected chi connectivity index (χ2v) is 8.14. The van der Waals surface area contributed by atoms with E-state index in [1.165, 1.54) is 33.2 Å². The third kappa shape index (κ3) is 3.40. The molecule has 4 heterocycles. The molecule has 5 rings (SSSR count). The summed E-state index contributed by atoms with van der Waals surface area (Å²) in [6, 6.07) is 11.0. The Kier molecular flexibility index (Phi) is 4.65. The molecule has 0 aliphatic carbocycles. The van der Waals surface area contributed by atoms with Crippen LogP contribution in [0.4, 0.5) is 5.69 Å². The lowest BCUT2D eigenvalue weighted by Gasteiger charge is -2.09. The van der Waals surface area contributed by atoms with Crippen molar-refractivity contribution in [3.63, 3.8) is 0 Å². The van der Waals surface area contributed by atoms with Crippen LogP contribution in [0.25, 0.3) is 26.3 Å². The Labute approximate surface area is 177 Å². The van der Waals surface area contributed by atoms with E-state index in [2.05, 4.69) is 25.8 Å². The van der Waals surface area contributed by atoms with Gasteiger partial charge in [-0.1, -0.05) is 12.1 Å². The van der Waals surface area contributed by atoms with E-state index >= 15 is 0 Å². The molecule has 0 fully saturated rings. The third-order valence-electron chi connectivity index (χ3n) is 4.40. The molecule has 0 radical (unpaired) electrons. The van der Waals surface area contributed by atoms with Crippen LogP contribution >= 0.6 is 22.7 Å². The molecule has 11 heteroatoms. The first-order chi connectivity index (χ1) is 14.7. The molecule has 0 aliphatic heterocycles. The number of rotatable bonds is 5. The molecule has 9 nitrogen and oxygen atoms in total. The van der Waals surface area contributed by atoms with Gasteiger partial charge in [-0.15, -0.1) is 27.8 Å². The van der Waals surface area contributed by atoms with Crippen molar-refractivity contribution in [3.05, 3.63) is 70.2 Å². The van der Waals surface area contributed by atoms with E-state index in [0.29, 0.717) is 21.6 Å². The number of carbonyl (C=O) groups is 1. The smallest absolute Gasteiger partial charge is 0.263 e. The SMILES string of the molecule is O=C(Cn1cnc2scc(-c3cccs3)c2c1=O)Nc1cccc(-n2cnnn2)c1. The van der Waals surface area contributed by atoms with E-state index in [-0.39, 0.29) is 18.0 Å². The Morgan fingerprint density at radius 3 is 2.87 bits per heavy atom. The summed E-state index contributed by atoms with van der Waals surface area (Å²) < 4.78 is 2.81. The van der Waals surface area contributed by atoms with Crippen LogP contribution in [0, 0.1) is 0 Å². The van der Waals surface area contributed by atoms with Gasteiger partial charge in [0.05, 0.1) is 17.4 Å². The first-order valence-corrected chi connectivity index (χ1v) is 10.6. The molecule has 1 N–H and O–H groups in total. The molecule has 1 aromatic carbocycles. The van der Waals surface area contributed by atoms with Crippen LogP contribution in [0.1, 0.15) is 0 Å². The van der Waals surface area contributed by atoms with Crippen molar-refractivity contribution in [2.75, 3.05) is 5.32 Å². The zero-order valence-corrected chi connectivity index (χ0v) is 16.9. The molecule has 0 unspecified atom stereocenters. The van der Waals surface area contributed by atoms with Gasteiger partial charge in [0.25, 0.3) is 5.56 Å². The lowest BCUT2D eigenvalue weighted by molar-refractivity contribution is -0.116. The number of hydrogen-bond donors (Lipinski definition) is 1. The molecule has 5 aromatic rings. The molecule has 30 heavy (non-hydrogen) atoms. The summed E-state index contributed by atoms with van der Waals surface area (Å²) in [5, 5.41) is 18.3. The highest BCUT2D eigenvalue weighted by molar-refractivity contribution is 7.18. The monoisotopic (exact) mass is 435 g/mol. The molecular weight excluding hydrogens is 422 g/mol. The minimum absolute atomic E-state index is 0.142. The minimum Gasteiger partial charge on any atom is -0.324 e. The third-order valence-corrected chi connectivity index (χ3v) is 6.19. The number of hydrogen-bond acceptors (Lipinski definition) is 8. The highest BCUT2D eigenvalue weighted by atomic mass is 32.1. The normalized spacial score (nSPS) is 11.1. The van der Waals surface area contributed by atoms with Crippen LogP contribution in [0.15, 0.2) is 64.6 Å². The van der Waals surface area contributed by atoms with Crippen molar-refractivity contribution in [3.8, 4) is 16.1 Å². The number of tetrazole rings is 1. The van der Waals surface area contributed by atoms with Gasteiger partial charge in [0.2, 0.25) is 5.91 Å². The second kappa shape index (κ2) is 7.61. The highest BCUT2D eigenvalue weighted by Gasteiger charge is 2.15. The predicted octanol–water partition coefficient (Wildman–Crippen LogP) is 2.80. The van der Waals surface area contributed by atoms with Crippen LogP contribution in [0.3, 0.4) is 0 Å². The van der Waals surface area contributed by atoms with Crippen molar-refractivity contribution < 1.29 is 4.79 Å². The van der Waals surface area contributed by atoms with Gasteiger partial charge in [-0.25, -0.2) is 9.67 Å². The first kappa shape index (κ1) is 18.3. The fourth-order valence-electron chi connectivity index (χ4n) is 3.05. The topological polar surface area (TPSA) is 108 Å². The molecule has 0 aliphatic rings. The Morgan fingerprint density at radius 2 is 2.07 bits per heavy atom. The van der Waals surface area contributed by atoms with Crippen molar-refractivity contribution in [2.24, 2.45) is 0 Å². The van der Waals surface area contributed by atoms with E-state index in [1.807, 2.05) is 29.0 Å². The van der Waals surface area contributed by atoms with Gasteiger partial charge >= 0.3 is 0 Å². The lowest BCUT2D eigenvalue weighted by atomic mass is 10.2. The second-order valence-electron chi connectivity index (χ2n) is 6.34. The summed E-state index contributed by atoms with van der Waals surface area (Å²) in [7, 11) is 0. The van der Waals surface area contributed by atoms with Gasteiger partial charge in [0.1, 0.15) is 17.7 Å². The summed E-state index contributed by atoms with van der Waals surface area (Å²) in [5.41, 5.74) is 1.90. The van der Waals surface area contributed by atoms with Crippen LogP contribution in [-0.4, -0.2) is 35.7 Å². The fourth-order valence-corrected chi connectivity index (χ4v) is 4.78. The first-order valence-electron chi connectivity index (χ1n) is 8.83. The standard InChI is InChI=1S/C19H13N7O2S2/c27-16(22-12-3-1-4-13(7-12)26-11-21-23-24-26)8-25-10-20-18-17(19(25)28)14(9-30-18)15-5-2-6-29-15/h1-7,9-11H,8H2,(H,22,27). The summed E-state index contributed by atoms with van der Waals surface area (Å²) >= 11 is 2.98. The Balaban J connectivity index is 1.40. The average Bonchev–Trinajstić information content (AvgIpc) is 3.51. The molecule has 0 spiro atoms. The van der Waals surface area contributed by atoms with Gasteiger partial charge in [0, 0.05) is 21.5 Å². The van der Waals surface area contributed by atoms with Crippen LogP contribution in [0.5, 0.6) is 0 Å². The van der Waals surface area contributed by atoms with Crippen molar-refractivity contribution in [1.82, 2.24) is 29.8 Å². The summed E-state index contributed by atoms with van der Waals surface area (Å²) in [6.07, 6.45) is 2.88. The molecule has 1 amide bonds. The number of nitrogens with one attached hydrogen (secondary N) is 1. The number of aromatic nitrogens is 6. The molecule has 0 bridgehead atoms. The number of carbonyl (C=O) groups excluding carboxylic acids is 1. The number of fused-ring (bicyclic) bond motifs is 1. The Bertz CT molecular complexity index is 1390. The number of benzene rings is 1. The van der Waals surface area contributed by atoms with E-state index in [0.717, 1.165) is 10.4 Å². The maximum atomic E-state index is 13.0. The van der Waals surface area contributed by atoms with Crippen LogP contribution < -0.4 is 10.9 Å². The maximum absolute atomic E-state index is 13.0. The van der Waals surface area contributed by atoms with Crippen molar-refractivity contribution >= 4 is 44.5 Å². The summed E-state index contributed by atoms with van der Waals surface area (Å²) in [4.78, 5) is 31.6. The zero-order chi connectivity index (χ0) is 20.5. The highest BCUT2D eigenvalue weighted by Crippen LogP contribution is 2.33. The molecule has 4 aromatic heterocycles. The fraction of sp³-hybridized carbons (Fsp3) is 0.0526. The Morgan fingerprint density at radius 1 is 1.13 bits per heavy atom. The van der Waals surface area contributed by atoms with Gasteiger partial charge in [-0.3, -0.25) is 14.2 Å². The summed E-state index contributed by atoms with van der Waals surface area (Å²) in [6.45, 7) is -0.142. The minimum atomic E-state index is -0.333. The van der Waals surface area contributed by atoms with Crippen molar-refractivity contribution in [1.29, 1.82) is 0 Å². The van der Waals surface area contributed by atoms with Crippen LogP contribution in [0.2, 0.25) is 0 Å². The van der Waals surface area contributed by atoms with Crippen molar-refractivity contribution in [2.45, 2.75) is 6.54 Å². The maximum Gasteiger partial charge on any atom is 0.263 e. The van der Waals surface area contributed by atoms with Gasteiger partial charge in [-0.2, -0.15) is 0 Å². The predicted molar refractivity (Wildman–Crippen MR) is 115 cm³/mol. The largest absolute Gasteiger partial charge is 0.324 e. The van der Waals surface area contributed by atoms with Gasteiger partial charge in [0.15, 0.2) is 0 Å². The van der Waals surface area contributed by atoms with E-state index < -0.39 is 0 Å². The summed E-state index contributed by atoms with van der Waals surface area (Å²) in [5.74, 6) is -0.333. The van der Waals surface area contributed by atoms with Gasteiger partial charge < -0.3 is 5.32 Å². The Hall–Kier alpha value is -3.70. The molecular formula is C19H13N7O2S2. The number of anilines is 1. The number of thiophene rings is 2. The quantitative estimate of drug-likeness (QED) is 0.455. The molecule has 0 atom stereocenters. The van der Waals surface area contributed by atoms with Gasteiger partial charge in [-0.05, 0) is 40.1 Å². The number of amides is 1.